The van der Waals surface area contributed by atoms with Crippen LogP contribution in [0.2, 0.25) is 0 Å². The monoisotopic (exact) mass is 349 g/mol. The fourth-order valence-electron chi connectivity index (χ4n) is 1.65. The minimum absolute atomic E-state index is 0.275. The predicted molar refractivity (Wildman–Crippen MR) is 76.2 cm³/mol. The zero-order chi connectivity index (χ0) is 17.6. The Morgan fingerprint density at radius 1 is 1.17 bits per heavy atom. The number of amides is 1. The molecule has 0 saturated carbocycles. The maximum absolute atomic E-state index is 11.9. The Bertz CT molecular complexity index is 587. The van der Waals surface area contributed by atoms with Crippen LogP contribution in [0.15, 0.2) is 30.3 Å². The van der Waals surface area contributed by atoms with Crippen LogP contribution in [0.5, 0.6) is 0 Å². The molecular weight excluding hydrogens is 333 g/mol. The van der Waals surface area contributed by atoms with Gasteiger partial charge in [0.1, 0.15) is 12.2 Å². The van der Waals surface area contributed by atoms with E-state index in [9.17, 15) is 24.4 Å². The van der Waals surface area contributed by atoms with E-state index in [4.69, 9.17) is 14.9 Å². The minimum Gasteiger partial charge on any atom is -0.481 e. The van der Waals surface area contributed by atoms with Gasteiger partial charge in [-0.2, -0.15) is 0 Å². The molecule has 3 atom stereocenters. The number of aliphatic carboxylic acids is 1. The summed E-state index contributed by atoms with van der Waals surface area (Å²) < 4.78 is 14.5. The van der Waals surface area contributed by atoms with Crippen LogP contribution in [-0.4, -0.2) is 55.8 Å². The molecule has 0 bridgehead atoms. The number of carbonyl (C=O) groups excluding carboxylic acids is 1. The number of hydrogen-bond acceptors (Lipinski definition) is 6. The Labute approximate surface area is 130 Å². The average Bonchev–Trinajstić information content (AvgIpc) is 2.44. The number of carboxylic acid groups (broad SMARTS) is 1. The van der Waals surface area contributed by atoms with Crippen LogP contribution in [0, 0.1) is 5.92 Å². The van der Waals surface area contributed by atoms with Gasteiger partial charge in [-0.1, -0.05) is 18.2 Å². The summed E-state index contributed by atoms with van der Waals surface area (Å²) >= 11 is 0. The molecule has 1 rings (SSSR count). The molecule has 0 aliphatic rings. The molecule has 6 N–H and O–H groups in total. The Kier molecular flexibility index (Phi) is 6.82. The van der Waals surface area contributed by atoms with Crippen molar-refractivity contribution in [2.75, 3.05) is 11.9 Å². The van der Waals surface area contributed by atoms with Gasteiger partial charge in [0, 0.05) is 5.69 Å². The van der Waals surface area contributed by atoms with Crippen LogP contribution in [0.25, 0.3) is 0 Å². The predicted octanol–water partition coefficient (Wildman–Crippen LogP) is -0.843. The number of anilines is 1. The lowest BCUT2D eigenvalue weighted by atomic mass is 9.97. The van der Waals surface area contributed by atoms with Gasteiger partial charge in [0.25, 0.3) is 0 Å². The summed E-state index contributed by atoms with van der Waals surface area (Å²) in [5, 5.41) is 30.6. The van der Waals surface area contributed by atoms with Gasteiger partial charge in [-0.3, -0.25) is 14.1 Å². The molecule has 0 saturated heterocycles. The van der Waals surface area contributed by atoms with Gasteiger partial charge in [-0.25, -0.2) is 4.57 Å². The van der Waals surface area contributed by atoms with Crippen molar-refractivity contribution in [2.45, 2.75) is 12.2 Å². The third kappa shape index (κ3) is 6.45. The summed E-state index contributed by atoms with van der Waals surface area (Å²) in [7, 11) is -4.91. The molecule has 1 aromatic rings. The lowest BCUT2D eigenvalue weighted by Crippen LogP contribution is -2.46. The van der Waals surface area contributed by atoms with E-state index in [0.717, 1.165) is 0 Å². The first kappa shape index (κ1) is 19.2. The molecule has 0 aromatic heterocycles. The van der Waals surface area contributed by atoms with Crippen LogP contribution in [0.4, 0.5) is 5.69 Å². The summed E-state index contributed by atoms with van der Waals surface area (Å²) in [4.78, 5) is 40.1. The standard InChI is InChI=1S/C12H16NO9P/c14-8(6-22-23(19,20)21)10(15)9(12(17)18)11(16)13-7-4-2-1-3-5-7/h1-5,8-10,14-15H,6H2,(H,13,16)(H,17,18)(H2,19,20,21). The van der Waals surface area contributed by atoms with E-state index in [2.05, 4.69) is 9.84 Å². The second kappa shape index (κ2) is 8.16. The van der Waals surface area contributed by atoms with Crippen LogP contribution in [0.3, 0.4) is 0 Å². The average molecular weight is 349 g/mol. The SMILES string of the molecule is O=C(O)C(C(=O)Nc1ccccc1)C(O)C(O)COP(=O)(O)O. The van der Waals surface area contributed by atoms with E-state index in [-0.39, 0.29) is 5.69 Å². The van der Waals surface area contributed by atoms with E-state index in [1.807, 2.05) is 0 Å². The van der Waals surface area contributed by atoms with Gasteiger partial charge >= 0.3 is 13.8 Å². The number of nitrogens with one attached hydrogen (secondary N) is 1. The number of carboxylic acids is 1. The number of para-hydroxylation sites is 1. The molecule has 1 aromatic carbocycles. The third-order valence-corrected chi connectivity index (χ3v) is 3.22. The lowest BCUT2D eigenvalue weighted by molar-refractivity contribution is -0.154. The maximum atomic E-state index is 11.9. The lowest BCUT2D eigenvalue weighted by Gasteiger charge is -2.23. The fourth-order valence-corrected chi connectivity index (χ4v) is 2.00. The van der Waals surface area contributed by atoms with Gasteiger partial charge in [0.15, 0.2) is 5.92 Å². The molecule has 0 radical (unpaired) electrons. The highest BCUT2D eigenvalue weighted by atomic mass is 31.2. The molecule has 128 valence electrons. The molecule has 0 fully saturated rings. The minimum atomic E-state index is -4.91. The summed E-state index contributed by atoms with van der Waals surface area (Å²) in [6.45, 7) is -1.05. The number of phosphoric acid groups is 1. The molecule has 23 heavy (non-hydrogen) atoms. The molecule has 0 heterocycles. The zero-order valence-electron chi connectivity index (χ0n) is 11.6. The Morgan fingerprint density at radius 2 is 1.74 bits per heavy atom. The number of aliphatic hydroxyl groups is 2. The van der Waals surface area contributed by atoms with Crippen LogP contribution >= 0.6 is 7.82 Å². The third-order valence-electron chi connectivity index (χ3n) is 2.74. The molecule has 0 aliphatic carbocycles. The zero-order valence-corrected chi connectivity index (χ0v) is 12.5. The highest BCUT2D eigenvalue weighted by molar-refractivity contribution is 7.46. The molecule has 0 aliphatic heterocycles. The molecule has 10 nitrogen and oxygen atoms in total. The van der Waals surface area contributed by atoms with E-state index in [0.29, 0.717) is 0 Å². The van der Waals surface area contributed by atoms with Crippen molar-refractivity contribution in [3.63, 3.8) is 0 Å². The summed E-state index contributed by atoms with van der Waals surface area (Å²) in [5.74, 6) is -4.89. The molecule has 0 spiro atoms. The topological polar surface area (TPSA) is 174 Å². The van der Waals surface area contributed by atoms with E-state index in [1.165, 1.54) is 12.1 Å². The summed E-state index contributed by atoms with van der Waals surface area (Å²) in [6, 6.07) is 7.81. The van der Waals surface area contributed by atoms with Gasteiger partial charge in [-0.15, -0.1) is 0 Å². The van der Waals surface area contributed by atoms with Crippen LogP contribution in [-0.2, 0) is 18.7 Å². The van der Waals surface area contributed by atoms with Crippen LogP contribution in [0.1, 0.15) is 0 Å². The fraction of sp³-hybridized carbons (Fsp3) is 0.333. The van der Waals surface area contributed by atoms with Crippen molar-refractivity contribution in [3.05, 3.63) is 30.3 Å². The van der Waals surface area contributed by atoms with Crippen molar-refractivity contribution in [2.24, 2.45) is 5.92 Å². The van der Waals surface area contributed by atoms with Gasteiger partial charge in [-0.05, 0) is 12.1 Å². The van der Waals surface area contributed by atoms with Crippen molar-refractivity contribution in [3.8, 4) is 0 Å². The van der Waals surface area contributed by atoms with Crippen LogP contribution < -0.4 is 5.32 Å². The van der Waals surface area contributed by atoms with Crippen molar-refractivity contribution < 1.29 is 43.8 Å². The maximum Gasteiger partial charge on any atom is 0.469 e. The number of phosphoric ester groups is 1. The number of benzene rings is 1. The molecular formula is C12H16NO9P. The van der Waals surface area contributed by atoms with Gasteiger partial charge in [0.05, 0.1) is 6.61 Å². The normalized spacial score (nSPS) is 15.5. The quantitative estimate of drug-likeness (QED) is 0.258. The Hall–Kier alpha value is -1.81. The van der Waals surface area contributed by atoms with Gasteiger partial charge in [0.2, 0.25) is 5.91 Å². The van der Waals surface area contributed by atoms with Crippen molar-refractivity contribution in [1.82, 2.24) is 0 Å². The molecule has 1 amide bonds. The number of hydrogen-bond donors (Lipinski definition) is 6. The highest BCUT2D eigenvalue weighted by Crippen LogP contribution is 2.36. The van der Waals surface area contributed by atoms with Crippen molar-refractivity contribution in [1.29, 1.82) is 0 Å². The van der Waals surface area contributed by atoms with E-state index >= 15 is 0 Å². The highest BCUT2D eigenvalue weighted by Gasteiger charge is 2.38. The number of carbonyl (C=O) groups is 2. The second-order valence-electron chi connectivity index (χ2n) is 4.52. The Balaban J connectivity index is 2.78. The Morgan fingerprint density at radius 3 is 2.22 bits per heavy atom. The number of aliphatic hydroxyl groups excluding tert-OH is 2. The molecule has 3 unspecified atom stereocenters. The first-order chi connectivity index (χ1) is 10.6. The molecule has 11 heteroatoms. The smallest absolute Gasteiger partial charge is 0.469 e. The summed E-state index contributed by atoms with van der Waals surface area (Å²) in [5.41, 5.74) is 0.275. The summed E-state index contributed by atoms with van der Waals surface area (Å²) in [6.07, 6.45) is -4.13. The largest absolute Gasteiger partial charge is 0.481 e. The van der Waals surface area contributed by atoms with E-state index < -0.39 is 44.4 Å². The van der Waals surface area contributed by atoms with Crippen molar-refractivity contribution >= 4 is 25.4 Å². The van der Waals surface area contributed by atoms with Gasteiger partial charge < -0.3 is 30.4 Å². The van der Waals surface area contributed by atoms with E-state index in [1.54, 1.807) is 18.2 Å². The first-order valence-corrected chi connectivity index (χ1v) is 7.80. The second-order valence-corrected chi connectivity index (χ2v) is 5.75. The first-order valence-electron chi connectivity index (χ1n) is 6.27. The number of rotatable bonds is 8.